The van der Waals surface area contributed by atoms with Crippen molar-refractivity contribution in [3.63, 3.8) is 0 Å². The Kier molecular flexibility index (Phi) is 3.82. The molecule has 0 aromatic carbocycles. The van der Waals surface area contributed by atoms with Crippen LogP contribution in [0.3, 0.4) is 0 Å². The highest BCUT2D eigenvalue weighted by Gasteiger charge is 2.25. The molecule has 0 radical (unpaired) electrons. The van der Waals surface area contributed by atoms with Crippen molar-refractivity contribution in [2.45, 2.75) is 26.4 Å². The van der Waals surface area contributed by atoms with E-state index in [1.54, 1.807) is 0 Å². The largest absolute Gasteiger partial charge is 0.374 e. The molecule has 1 aliphatic heterocycles. The summed E-state index contributed by atoms with van der Waals surface area (Å²) < 4.78 is 5.46. The highest BCUT2D eigenvalue weighted by molar-refractivity contribution is 5.99. The number of hydrogen-bond acceptors (Lipinski definition) is 4. The van der Waals surface area contributed by atoms with Crippen LogP contribution in [0.15, 0.2) is 0 Å². The maximum Gasteiger partial charge on any atom is 0.243 e. The van der Waals surface area contributed by atoms with E-state index in [9.17, 15) is 9.59 Å². The highest BCUT2D eigenvalue weighted by atomic mass is 16.5. The molecule has 1 fully saturated rings. The van der Waals surface area contributed by atoms with Crippen LogP contribution in [0.25, 0.3) is 0 Å². The Morgan fingerprint density at radius 3 is 2.27 bits per heavy atom. The summed E-state index contributed by atoms with van der Waals surface area (Å²) >= 11 is 0. The topological polar surface area (TPSA) is 58.6 Å². The number of rotatable bonds is 3. The van der Waals surface area contributed by atoms with Gasteiger partial charge in [0.05, 0.1) is 31.8 Å². The van der Waals surface area contributed by atoms with Crippen LogP contribution in [0.4, 0.5) is 0 Å². The van der Waals surface area contributed by atoms with Gasteiger partial charge in [-0.1, -0.05) is 0 Å². The number of carbonyl (C=O) groups excluding carboxylic acids is 2. The van der Waals surface area contributed by atoms with Gasteiger partial charge in [0.25, 0.3) is 0 Å². The van der Waals surface area contributed by atoms with E-state index in [2.05, 4.69) is 5.32 Å². The molecule has 0 atom stereocenters. The molecule has 15 heavy (non-hydrogen) atoms. The average molecular weight is 214 g/mol. The Hall–Kier alpha value is -0.940. The molecular formula is C10H18N2O3. The fourth-order valence-corrected chi connectivity index (χ4v) is 1.30. The fourth-order valence-electron chi connectivity index (χ4n) is 1.30. The third kappa shape index (κ3) is 3.97. The van der Waals surface area contributed by atoms with E-state index in [0.29, 0.717) is 13.2 Å². The Morgan fingerprint density at radius 2 is 1.80 bits per heavy atom. The summed E-state index contributed by atoms with van der Waals surface area (Å²) in [5.74, 6) is -0.354. The van der Waals surface area contributed by atoms with Crippen molar-refractivity contribution in [2.24, 2.45) is 0 Å². The summed E-state index contributed by atoms with van der Waals surface area (Å²) in [4.78, 5) is 23.9. The van der Waals surface area contributed by atoms with Gasteiger partial charge in [-0.3, -0.25) is 19.8 Å². The molecule has 5 nitrogen and oxygen atoms in total. The summed E-state index contributed by atoms with van der Waals surface area (Å²) in [5, 5.41) is 2.74. The summed E-state index contributed by atoms with van der Waals surface area (Å²) in [5.41, 5.74) is -0.236. The Morgan fingerprint density at radius 1 is 1.27 bits per heavy atom. The van der Waals surface area contributed by atoms with Crippen molar-refractivity contribution in [1.29, 1.82) is 0 Å². The second kappa shape index (κ2) is 4.72. The molecular weight excluding hydrogens is 196 g/mol. The van der Waals surface area contributed by atoms with Crippen LogP contribution < -0.4 is 5.32 Å². The van der Waals surface area contributed by atoms with Crippen LogP contribution in [0, 0.1) is 0 Å². The zero-order valence-electron chi connectivity index (χ0n) is 9.50. The third-order valence-electron chi connectivity index (χ3n) is 2.00. The van der Waals surface area contributed by atoms with E-state index < -0.39 is 0 Å². The lowest BCUT2D eigenvalue weighted by Crippen LogP contribution is -2.53. The molecule has 86 valence electrons. The minimum Gasteiger partial charge on any atom is -0.374 e. The first-order valence-corrected chi connectivity index (χ1v) is 5.08. The second-order valence-electron chi connectivity index (χ2n) is 4.50. The predicted molar refractivity (Wildman–Crippen MR) is 55.3 cm³/mol. The molecule has 0 spiro atoms. The number of nitrogens with zero attached hydrogens (tertiary/aromatic N) is 1. The van der Waals surface area contributed by atoms with Crippen LogP contribution in [0.2, 0.25) is 0 Å². The SMILES string of the molecule is CC(C)(C)OCCN1C(=O)CNCC1=O. The second-order valence-corrected chi connectivity index (χ2v) is 4.50. The summed E-state index contributed by atoms with van der Waals surface area (Å²) in [6.45, 7) is 7.03. The van der Waals surface area contributed by atoms with Crippen molar-refractivity contribution >= 4 is 11.8 Å². The maximum atomic E-state index is 11.3. The Balaban J connectivity index is 2.36. The quantitative estimate of drug-likeness (QED) is 0.659. The number of carbonyl (C=O) groups is 2. The predicted octanol–water partition coefficient (Wildman–Crippen LogP) is -0.240. The van der Waals surface area contributed by atoms with Crippen molar-refractivity contribution in [3.8, 4) is 0 Å². The zero-order valence-corrected chi connectivity index (χ0v) is 9.50. The molecule has 1 N–H and O–H groups in total. The lowest BCUT2D eigenvalue weighted by molar-refractivity contribution is -0.148. The van der Waals surface area contributed by atoms with E-state index in [0.717, 1.165) is 0 Å². The van der Waals surface area contributed by atoms with Crippen molar-refractivity contribution in [3.05, 3.63) is 0 Å². The van der Waals surface area contributed by atoms with Crippen molar-refractivity contribution in [1.82, 2.24) is 10.2 Å². The van der Waals surface area contributed by atoms with E-state index in [4.69, 9.17) is 4.74 Å². The fraction of sp³-hybridized carbons (Fsp3) is 0.800. The number of amides is 2. The van der Waals surface area contributed by atoms with E-state index >= 15 is 0 Å². The van der Waals surface area contributed by atoms with Gasteiger partial charge in [-0.05, 0) is 20.8 Å². The van der Waals surface area contributed by atoms with Crippen LogP contribution in [0.5, 0.6) is 0 Å². The van der Waals surface area contributed by atoms with Crippen LogP contribution in [-0.4, -0.2) is 48.6 Å². The highest BCUT2D eigenvalue weighted by Crippen LogP contribution is 2.06. The normalized spacial score (nSPS) is 18.5. The van der Waals surface area contributed by atoms with Crippen LogP contribution in [-0.2, 0) is 14.3 Å². The minimum absolute atomic E-state index is 0.177. The van der Waals surface area contributed by atoms with Crippen molar-refractivity contribution in [2.75, 3.05) is 26.2 Å². The van der Waals surface area contributed by atoms with Crippen LogP contribution >= 0.6 is 0 Å². The molecule has 0 aromatic heterocycles. The molecule has 1 rings (SSSR count). The lowest BCUT2D eigenvalue weighted by atomic mass is 10.2. The number of piperazine rings is 1. The molecule has 0 bridgehead atoms. The first-order chi connectivity index (χ1) is 6.90. The van der Waals surface area contributed by atoms with Gasteiger partial charge in [0, 0.05) is 0 Å². The van der Waals surface area contributed by atoms with Gasteiger partial charge in [-0.2, -0.15) is 0 Å². The first kappa shape index (κ1) is 12.1. The molecule has 1 saturated heterocycles. The number of hydrogen-bond donors (Lipinski definition) is 1. The van der Waals surface area contributed by atoms with E-state index in [-0.39, 0.29) is 30.5 Å². The van der Waals surface area contributed by atoms with Gasteiger partial charge in [0.2, 0.25) is 11.8 Å². The molecule has 1 aliphatic rings. The zero-order chi connectivity index (χ0) is 11.5. The maximum absolute atomic E-state index is 11.3. The summed E-state index contributed by atoms with van der Waals surface area (Å²) in [6.07, 6.45) is 0. The molecule has 5 heteroatoms. The van der Waals surface area contributed by atoms with Crippen LogP contribution in [0.1, 0.15) is 20.8 Å². The number of ether oxygens (including phenoxy) is 1. The standard InChI is InChI=1S/C10H18N2O3/c1-10(2,3)15-5-4-12-8(13)6-11-7-9(12)14/h11H,4-7H2,1-3H3. The van der Waals surface area contributed by atoms with Gasteiger partial charge in [-0.25, -0.2) is 0 Å². The van der Waals surface area contributed by atoms with E-state index in [1.165, 1.54) is 4.90 Å². The molecule has 2 amide bonds. The molecule has 1 heterocycles. The van der Waals surface area contributed by atoms with Gasteiger partial charge in [-0.15, -0.1) is 0 Å². The average Bonchev–Trinajstić information content (AvgIpc) is 2.08. The third-order valence-corrected chi connectivity index (χ3v) is 2.00. The van der Waals surface area contributed by atoms with Gasteiger partial charge in [0.15, 0.2) is 0 Å². The Bertz CT molecular complexity index is 242. The molecule has 0 unspecified atom stereocenters. The number of imide groups is 1. The molecule has 0 aromatic rings. The van der Waals surface area contributed by atoms with E-state index in [1.807, 2.05) is 20.8 Å². The lowest BCUT2D eigenvalue weighted by Gasteiger charge is -2.27. The van der Waals surface area contributed by atoms with Crippen molar-refractivity contribution < 1.29 is 14.3 Å². The minimum atomic E-state index is -0.236. The molecule has 0 saturated carbocycles. The number of nitrogens with one attached hydrogen (secondary N) is 1. The summed E-state index contributed by atoms with van der Waals surface area (Å²) in [6, 6.07) is 0. The van der Waals surface area contributed by atoms with Gasteiger partial charge < -0.3 is 4.74 Å². The van der Waals surface area contributed by atoms with Gasteiger partial charge >= 0.3 is 0 Å². The molecule has 0 aliphatic carbocycles. The van der Waals surface area contributed by atoms with Gasteiger partial charge in [0.1, 0.15) is 0 Å². The smallest absolute Gasteiger partial charge is 0.243 e. The first-order valence-electron chi connectivity index (χ1n) is 5.08. The summed E-state index contributed by atoms with van der Waals surface area (Å²) in [7, 11) is 0. The monoisotopic (exact) mass is 214 g/mol. The Labute approximate surface area is 89.8 Å².